The SMILES string of the molecule is O=C([O-])C1(C(=O)[O-])Cc2cc(Br)c(Br)cc2C1.[Na+].[Na+]. The van der Waals surface area contributed by atoms with Crippen LogP contribution in [0, 0.1) is 5.41 Å². The Balaban J connectivity index is 0.00000162. The largest absolute Gasteiger partial charge is 1.00 e. The van der Waals surface area contributed by atoms with Crippen molar-refractivity contribution in [2.24, 2.45) is 5.41 Å². The first kappa shape index (κ1) is 20.1. The van der Waals surface area contributed by atoms with Crippen LogP contribution in [0.25, 0.3) is 0 Å². The summed E-state index contributed by atoms with van der Waals surface area (Å²) in [6.07, 6.45) is -0.197. The number of carbonyl (C=O) groups excluding carboxylic acids is 2. The van der Waals surface area contributed by atoms with Gasteiger partial charge in [-0.2, -0.15) is 0 Å². The normalized spacial score (nSPS) is 14.8. The fourth-order valence-electron chi connectivity index (χ4n) is 2.04. The maximum atomic E-state index is 11.0. The van der Waals surface area contributed by atoms with E-state index in [0.29, 0.717) is 11.1 Å². The first-order chi connectivity index (χ1) is 7.86. The van der Waals surface area contributed by atoms with Crippen molar-refractivity contribution >= 4 is 43.8 Å². The van der Waals surface area contributed by atoms with E-state index in [-0.39, 0.29) is 72.0 Å². The van der Waals surface area contributed by atoms with Crippen LogP contribution in [0.1, 0.15) is 11.1 Å². The van der Waals surface area contributed by atoms with Gasteiger partial charge in [0.25, 0.3) is 0 Å². The maximum Gasteiger partial charge on any atom is 1.00 e. The minimum absolute atomic E-state index is 0. The zero-order chi connectivity index (χ0) is 12.8. The van der Waals surface area contributed by atoms with Crippen LogP contribution in [-0.2, 0) is 22.4 Å². The molecular weight excluding hydrogens is 402 g/mol. The predicted octanol–water partition coefficient (Wildman–Crippen LogP) is -6.20. The molecular formula is C11H6Br2Na2O4. The number of carbonyl (C=O) groups is 2. The number of hydrogen-bond donors (Lipinski definition) is 0. The molecule has 0 heterocycles. The minimum atomic E-state index is -1.94. The van der Waals surface area contributed by atoms with Crippen LogP contribution in [-0.4, -0.2) is 11.9 Å². The van der Waals surface area contributed by atoms with E-state index in [1.54, 1.807) is 12.1 Å². The zero-order valence-corrected chi connectivity index (χ0v) is 17.6. The van der Waals surface area contributed by atoms with Gasteiger partial charge in [-0.25, -0.2) is 0 Å². The van der Waals surface area contributed by atoms with E-state index in [1.807, 2.05) is 0 Å². The Kier molecular flexibility index (Phi) is 7.84. The van der Waals surface area contributed by atoms with Crippen molar-refractivity contribution in [2.45, 2.75) is 12.8 Å². The van der Waals surface area contributed by atoms with Gasteiger partial charge in [0.15, 0.2) is 0 Å². The molecule has 0 aromatic heterocycles. The molecule has 0 aliphatic heterocycles. The topological polar surface area (TPSA) is 80.3 Å². The van der Waals surface area contributed by atoms with Gasteiger partial charge in [0.1, 0.15) is 0 Å². The van der Waals surface area contributed by atoms with Crippen molar-refractivity contribution in [3.63, 3.8) is 0 Å². The van der Waals surface area contributed by atoms with Crippen LogP contribution in [0.2, 0.25) is 0 Å². The van der Waals surface area contributed by atoms with Gasteiger partial charge in [0, 0.05) is 8.95 Å². The molecule has 2 rings (SSSR count). The van der Waals surface area contributed by atoms with Gasteiger partial charge in [0.05, 0.1) is 17.4 Å². The number of fused-ring (bicyclic) bond motifs is 1. The summed E-state index contributed by atoms with van der Waals surface area (Å²) in [7, 11) is 0. The van der Waals surface area contributed by atoms with Crippen molar-refractivity contribution in [1.82, 2.24) is 0 Å². The van der Waals surface area contributed by atoms with Gasteiger partial charge in [0.2, 0.25) is 0 Å². The molecule has 0 saturated heterocycles. The average Bonchev–Trinajstić information content (AvgIpc) is 2.58. The molecule has 8 heteroatoms. The van der Waals surface area contributed by atoms with Gasteiger partial charge in [-0.05, 0) is 68.0 Å². The molecule has 0 atom stereocenters. The van der Waals surface area contributed by atoms with Crippen LogP contribution < -0.4 is 69.3 Å². The monoisotopic (exact) mass is 406 g/mol. The van der Waals surface area contributed by atoms with E-state index in [2.05, 4.69) is 31.9 Å². The molecule has 19 heavy (non-hydrogen) atoms. The second-order valence-electron chi connectivity index (χ2n) is 4.05. The molecule has 0 spiro atoms. The molecule has 1 aromatic rings. The summed E-state index contributed by atoms with van der Waals surface area (Å²) in [6, 6.07) is 3.43. The molecule has 0 amide bonds. The van der Waals surface area contributed by atoms with Crippen molar-refractivity contribution in [3.05, 3.63) is 32.2 Å². The van der Waals surface area contributed by atoms with E-state index < -0.39 is 17.4 Å². The van der Waals surface area contributed by atoms with E-state index in [1.165, 1.54) is 0 Å². The zero-order valence-electron chi connectivity index (χ0n) is 10.5. The number of aliphatic carboxylic acids is 2. The summed E-state index contributed by atoms with van der Waals surface area (Å²) in [5.41, 5.74) is -0.565. The summed E-state index contributed by atoms with van der Waals surface area (Å²) in [6.45, 7) is 0. The van der Waals surface area contributed by atoms with Gasteiger partial charge in [-0.15, -0.1) is 0 Å². The quantitative estimate of drug-likeness (QED) is 0.361. The fourth-order valence-corrected chi connectivity index (χ4v) is 2.82. The van der Waals surface area contributed by atoms with Crippen LogP contribution in [0.5, 0.6) is 0 Å². The van der Waals surface area contributed by atoms with Crippen molar-refractivity contribution in [2.75, 3.05) is 0 Å². The molecule has 4 nitrogen and oxygen atoms in total. The molecule has 1 aromatic carbocycles. The molecule has 1 aliphatic rings. The molecule has 1 aliphatic carbocycles. The number of rotatable bonds is 2. The van der Waals surface area contributed by atoms with Gasteiger partial charge < -0.3 is 19.8 Å². The second kappa shape index (κ2) is 7.40. The Hall–Kier alpha value is 1.12. The van der Waals surface area contributed by atoms with Crippen molar-refractivity contribution in [3.8, 4) is 0 Å². The fraction of sp³-hybridized carbons (Fsp3) is 0.273. The smallest absolute Gasteiger partial charge is 0.549 e. The molecule has 0 saturated carbocycles. The van der Waals surface area contributed by atoms with Gasteiger partial charge >= 0.3 is 59.1 Å². The summed E-state index contributed by atoms with van der Waals surface area (Å²) in [4.78, 5) is 22.1. The summed E-state index contributed by atoms with van der Waals surface area (Å²) < 4.78 is 1.51. The first-order valence-corrected chi connectivity index (χ1v) is 6.35. The minimum Gasteiger partial charge on any atom is -0.549 e. The molecule has 90 valence electrons. The Morgan fingerprint density at radius 3 is 1.53 bits per heavy atom. The van der Waals surface area contributed by atoms with Crippen LogP contribution in [0.4, 0.5) is 0 Å². The van der Waals surface area contributed by atoms with Crippen molar-refractivity contribution < 1.29 is 78.9 Å². The van der Waals surface area contributed by atoms with Crippen molar-refractivity contribution in [1.29, 1.82) is 0 Å². The number of benzene rings is 1. The average molecular weight is 408 g/mol. The molecule has 0 radical (unpaired) electrons. The molecule has 0 N–H and O–H groups in total. The predicted molar refractivity (Wildman–Crippen MR) is 61.7 cm³/mol. The van der Waals surface area contributed by atoms with E-state index in [4.69, 9.17) is 0 Å². The van der Waals surface area contributed by atoms with E-state index >= 15 is 0 Å². The summed E-state index contributed by atoms with van der Waals surface area (Å²) >= 11 is 6.57. The van der Waals surface area contributed by atoms with Crippen LogP contribution >= 0.6 is 31.9 Å². The van der Waals surface area contributed by atoms with E-state index in [0.717, 1.165) is 8.95 Å². The third-order valence-corrected chi connectivity index (χ3v) is 4.85. The summed E-state index contributed by atoms with van der Waals surface area (Å²) in [5.74, 6) is -3.19. The number of carboxylic acid groups (broad SMARTS) is 2. The number of halogens is 2. The van der Waals surface area contributed by atoms with Crippen LogP contribution in [0.15, 0.2) is 21.1 Å². The van der Waals surface area contributed by atoms with Gasteiger partial charge in [-0.1, -0.05) is 0 Å². The Labute approximate surface area is 171 Å². The van der Waals surface area contributed by atoms with Crippen LogP contribution in [0.3, 0.4) is 0 Å². The first-order valence-electron chi connectivity index (χ1n) is 4.76. The third-order valence-electron chi connectivity index (χ3n) is 3.01. The standard InChI is InChI=1S/C11H8Br2O4.2Na/c12-7-1-5-3-11(9(14)15,10(16)17)4-6(5)2-8(7)13;;/h1-2H,3-4H2,(H,14,15)(H,16,17);;/q;2*+1/p-2. The molecule has 0 bridgehead atoms. The third kappa shape index (κ3) is 3.66. The molecule has 0 unspecified atom stereocenters. The number of hydrogen-bond acceptors (Lipinski definition) is 4. The Morgan fingerprint density at radius 1 is 0.947 bits per heavy atom. The molecule has 0 fully saturated rings. The van der Waals surface area contributed by atoms with Gasteiger partial charge in [-0.3, -0.25) is 0 Å². The Morgan fingerprint density at radius 2 is 1.26 bits per heavy atom. The number of carboxylic acids is 2. The Bertz CT molecular complexity index is 487. The van der Waals surface area contributed by atoms with E-state index in [9.17, 15) is 19.8 Å². The second-order valence-corrected chi connectivity index (χ2v) is 5.75. The summed E-state index contributed by atoms with van der Waals surface area (Å²) in [5, 5.41) is 22.1. The maximum absolute atomic E-state index is 11.0.